The van der Waals surface area contributed by atoms with Crippen molar-refractivity contribution in [1.29, 1.82) is 0 Å². The lowest BCUT2D eigenvalue weighted by Gasteiger charge is -2.21. The predicted octanol–water partition coefficient (Wildman–Crippen LogP) is 2.99. The van der Waals surface area contributed by atoms with Gasteiger partial charge in [0.25, 0.3) is 0 Å². The Morgan fingerprint density at radius 2 is 1.89 bits per heavy atom. The van der Waals surface area contributed by atoms with Crippen molar-refractivity contribution >= 4 is 12.1 Å². The Balaban J connectivity index is 4.70. The molecule has 0 spiro atoms. The highest BCUT2D eigenvalue weighted by Gasteiger charge is 2.27. The standard InChI is InChI=1S/C14H28N5/c1-13(2,3)11-19(15)18-12(17-7)10-14(4,5)8-9-16-6/h7,9H,8,10-11,15H2,1-6H3/q+1/b16-9?,18-12-. The predicted molar refractivity (Wildman–Crippen MR) is 83.5 cm³/mol. The summed E-state index contributed by atoms with van der Waals surface area (Å²) in [6.45, 7) is 16.6. The molecule has 5 heteroatoms. The number of nitrogens with two attached hydrogens (primary N) is 1. The largest absolute Gasteiger partial charge is 0.425 e. The van der Waals surface area contributed by atoms with Crippen LogP contribution < -0.4 is 5.84 Å². The van der Waals surface area contributed by atoms with Crippen LogP contribution in [0, 0.1) is 17.4 Å². The zero-order valence-electron chi connectivity index (χ0n) is 13.1. The third-order valence-corrected chi connectivity index (χ3v) is 2.49. The molecule has 108 valence electrons. The van der Waals surface area contributed by atoms with Crippen molar-refractivity contribution in [3.8, 4) is 6.57 Å². The number of nitrogens with zero attached hydrogens (tertiary/aromatic N) is 4. The van der Waals surface area contributed by atoms with Gasteiger partial charge in [0.15, 0.2) is 0 Å². The Kier molecular flexibility index (Phi) is 6.71. The topological polar surface area (TPSA) is 58.3 Å². The summed E-state index contributed by atoms with van der Waals surface area (Å²) in [5, 5.41) is 5.68. The number of amidine groups is 1. The highest BCUT2D eigenvalue weighted by atomic mass is 15.6. The lowest BCUT2D eigenvalue weighted by Crippen LogP contribution is -2.35. The summed E-state index contributed by atoms with van der Waals surface area (Å²) in [6, 6.07) is 0. The van der Waals surface area contributed by atoms with Gasteiger partial charge in [-0.1, -0.05) is 34.6 Å². The smallest absolute Gasteiger partial charge is 0.301 e. The Bertz CT molecular complexity index is 368. The molecule has 0 radical (unpaired) electrons. The van der Waals surface area contributed by atoms with Crippen molar-refractivity contribution in [1.82, 2.24) is 5.12 Å². The molecule has 0 atom stereocenters. The number of hydrogen-bond acceptors (Lipinski definition) is 4. The summed E-state index contributed by atoms with van der Waals surface area (Å²) >= 11 is 0. The van der Waals surface area contributed by atoms with E-state index in [0.29, 0.717) is 18.8 Å². The molecule has 0 aromatic rings. The summed E-state index contributed by atoms with van der Waals surface area (Å²) in [6.07, 6.45) is 3.40. The second kappa shape index (κ2) is 7.25. The van der Waals surface area contributed by atoms with Crippen molar-refractivity contribution in [3.05, 3.63) is 4.85 Å². The molecule has 0 aliphatic heterocycles. The van der Waals surface area contributed by atoms with Crippen molar-refractivity contribution < 1.29 is 0 Å². The maximum Gasteiger partial charge on any atom is 0.425 e. The molecule has 0 aromatic heterocycles. The van der Waals surface area contributed by atoms with Gasteiger partial charge in [-0.15, -0.1) is 5.12 Å². The van der Waals surface area contributed by atoms with Crippen LogP contribution in [0.15, 0.2) is 10.1 Å². The van der Waals surface area contributed by atoms with E-state index in [0.717, 1.165) is 6.42 Å². The summed E-state index contributed by atoms with van der Waals surface area (Å²) in [5.41, 5.74) is 0.0755. The molecule has 0 aliphatic carbocycles. The van der Waals surface area contributed by atoms with Gasteiger partial charge in [-0.3, -0.25) is 0 Å². The highest BCUT2D eigenvalue weighted by molar-refractivity contribution is 5.92. The van der Waals surface area contributed by atoms with Crippen LogP contribution in [-0.2, 0) is 0 Å². The molecular formula is C14H28N5+. The van der Waals surface area contributed by atoms with Crippen molar-refractivity contribution in [2.75, 3.05) is 13.6 Å². The molecule has 0 bridgehead atoms. The number of aliphatic imine (C=N–C) groups is 1. The van der Waals surface area contributed by atoms with Crippen LogP contribution in [0.3, 0.4) is 0 Å². The average Bonchev–Trinajstić information content (AvgIpc) is 2.22. The van der Waals surface area contributed by atoms with Crippen LogP contribution >= 0.6 is 0 Å². The van der Waals surface area contributed by atoms with E-state index in [1.54, 1.807) is 7.05 Å². The molecule has 0 unspecified atom stereocenters. The molecule has 0 heterocycles. The summed E-state index contributed by atoms with van der Waals surface area (Å²) in [7, 11) is 1.77. The molecule has 0 aromatic carbocycles. The average molecular weight is 266 g/mol. The normalized spacial score (nSPS) is 13.7. The third kappa shape index (κ3) is 9.20. The molecule has 0 aliphatic rings. The Hall–Kier alpha value is -1.41. The van der Waals surface area contributed by atoms with E-state index in [4.69, 9.17) is 12.4 Å². The van der Waals surface area contributed by atoms with E-state index in [1.807, 2.05) is 6.21 Å². The number of hydrogen-bond donors (Lipinski definition) is 1. The summed E-state index contributed by atoms with van der Waals surface area (Å²) in [5.74, 6) is 6.42. The maximum absolute atomic E-state index is 5.86. The van der Waals surface area contributed by atoms with Gasteiger partial charge in [0.05, 0.1) is 18.1 Å². The number of hydrazone groups is 1. The first-order valence-electron chi connectivity index (χ1n) is 6.51. The molecule has 0 saturated carbocycles. The lowest BCUT2D eigenvalue weighted by molar-refractivity contribution is 0.201. The molecule has 2 N–H and O–H groups in total. The zero-order chi connectivity index (χ0) is 15.1. The van der Waals surface area contributed by atoms with Crippen LogP contribution in [0.1, 0.15) is 47.5 Å². The first-order chi connectivity index (χ1) is 8.59. The SMILES string of the molecule is C#[N+]/C(CC(C)(C)CC=NC)=N\N(N)CC(C)(C)C. The molecule has 0 amide bonds. The van der Waals surface area contributed by atoms with Crippen LogP contribution in [0.4, 0.5) is 0 Å². The van der Waals surface area contributed by atoms with Gasteiger partial charge in [-0.25, -0.2) is 5.84 Å². The van der Waals surface area contributed by atoms with Gasteiger partial charge in [0, 0.05) is 7.05 Å². The summed E-state index contributed by atoms with van der Waals surface area (Å²) in [4.78, 5) is 7.74. The number of rotatable bonds is 6. The summed E-state index contributed by atoms with van der Waals surface area (Å²) < 4.78 is 0. The van der Waals surface area contributed by atoms with Crippen LogP contribution in [-0.4, -0.2) is 30.8 Å². The van der Waals surface area contributed by atoms with Gasteiger partial charge >= 0.3 is 5.84 Å². The van der Waals surface area contributed by atoms with Crippen LogP contribution in [0.5, 0.6) is 0 Å². The molecule has 5 nitrogen and oxygen atoms in total. The minimum Gasteiger partial charge on any atom is -0.301 e. The molecule has 0 fully saturated rings. The minimum atomic E-state index is 0.00376. The number of hydrazine groups is 1. The van der Waals surface area contributed by atoms with Crippen LogP contribution in [0.2, 0.25) is 0 Å². The third-order valence-electron chi connectivity index (χ3n) is 2.49. The second-order valence-corrected chi connectivity index (χ2v) is 6.79. The van der Waals surface area contributed by atoms with Gasteiger partial charge in [-0.05, 0) is 23.5 Å². The first kappa shape index (κ1) is 17.6. The van der Waals surface area contributed by atoms with Gasteiger partial charge in [0.2, 0.25) is 0 Å². The second-order valence-electron chi connectivity index (χ2n) is 6.79. The quantitative estimate of drug-likeness (QED) is 0.348. The highest BCUT2D eigenvalue weighted by Crippen LogP contribution is 2.25. The van der Waals surface area contributed by atoms with Gasteiger partial charge < -0.3 is 4.99 Å². The van der Waals surface area contributed by atoms with E-state index in [9.17, 15) is 0 Å². The molecule has 0 saturated heterocycles. The van der Waals surface area contributed by atoms with Crippen molar-refractivity contribution in [2.45, 2.75) is 47.5 Å². The fraction of sp³-hybridized carbons (Fsp3) is 0.786. The monoisotopic (exact) mass is 266 g/mol. The molecule has 19 heavy (non-hydrogen) atoms. The van der Waals surface area contributed by atoms with Crippen molar-refractivity contribution in [3.63, 3.8) is 0 Å². The zero-order valence-corrected chi connectivity index (χ0v) is 13.1. The van der Waals surface area contributed by atoms with Crippen LogP contribution in [0.25, 0.3) is 4.85 Å². The first-order valence-corrected chi connectivity index (χ1v) is 6.51. The van der Waals surface area contributed by atoms with E-state index < -0.39 is 0 Å². The molecular weight excluding hydrogens is 238 g/mol. The Morgan fingerprint density at radius 3 is 2.32 bits per heavy atom. The maximum atomic E-state index is 5.86. The van der Waals surface area contributed by atoms with Gasteiger partial charge in [-0.2, -0.15) is 4.85 Å². The lowest BCUT2D eigenvalue weighted by atomic mass is 9.86. The Morgan fingerprint density at radius 1 is 1.32 bits per heavy atom. The molecule has 0 rings (SSSR count). The van der Waals surface area contributed by atoms with Crippen molar-refractivity contribution in [2.24, 2.45) is 26.8 Å². The minimum absolute atomic E-state index is 0.00376. The van der Waals surface area contributed by atoms with E-state index in [2.05, 4.69) is 49.6 Å². The van der Waals surface area contributed by atoms with E-state index in [-0.39, 0.29) is 10.8 Å². The fourth-order valence-corrected chi connectivity index (χ4v) is 1.62. The van der Waals surface area contributed by atoms with E-state index >= 15 is 0 Å². The Labute approximate surface area is 117 Å². The van der Waals surface area contributed by atoms with E-state index in [1.165, 1.54) is 5.12 Å². The fourth-order valence-electron chi connectivity index (χ4n) is 1.62. The van der Waals surface area contributed by atoms with Gasteiger partial charge in [0.1, 0.15) is 6.57 Å².